The fourth-order valence-corrected chi connectivity index (χ4v) is 2.76. The molecule has 0 aliphatic carbocycles. The summed E-state index contributed by atoms with van der Waals surface area (Å²) in [6, 6.07) is 11.1. The van der Waals surface area contributed by atoms with E-state index in [2.05, 4.69) is 20.8 Å². The van der Waals surface area contributed by atoms with Crippen molar-refractivity contribution in [3.63, 3.8) is 0 Å². The van der Waals surface area contributed by atoms with E-state index in [9.17, 15) is 14.9 Å². The van der Waals surface area contributed by atoms with E-state index in [-0.39, 0.29) is 28.5 Å². The van der Waals surface area contributed by atoms with Crippen LogP contribution in [0, 0.1) is 10.1 Å². The molecule has 0 aliphatic rings. The maximum absolute atomic E-state index is 12.6. The summed E-state index contributed by atoms with van der Waals surface area (Å²) >= 11 is 0. The van der Waals surface area contributed by atoms with Crippen molar-refractivity contribution in [2.45, 2.75) is 39.2 Å². The minimum absolute atomic E-state index is 0.137. The van der Waals surface area contributed by atoms with Crippen molar-refractivity contribution >= 4 is 23.1 Å². The highest BCUT2D eigenvalue weighted by atomic mass is 16.6. The highest BCUT2D eigenvalue weighted by Crippen LogP contribution is 2.29. The number of anilines is 2. The van der Waals surface area contributed by atoms with E-state index in [1.807, 2.05) is 39.8 Å². The van der Waals surface area contributed by atoms with Crippen LogP contribution in [0.1, 0.15) is 55.5 Å². The Bertz CT molecular complexity index is 1060. The van der Waals surface area contributed by atoms with Gasteiger partial charge in [0.25, 0.3) is 11.6 Å². The Hall–Kier alpha value is -3.75. The van der Waals surface area contributed by atoms with Gasteiger partial charge in [-0.15, -0.1) is 0 Å². The van der Waals surface area contributed by atoms with Gasteiger partial charge in [-0.05, 0) is 31.2 Å². The third-order valence-corrected chi connectivity index (χ3v) is 4.45. The van der Waals surface area contributed by atoms with Crippen molar-refractivity contribution in [3.8, 4) is 0 Å². The molecule has 1 unspecified atom stereocenters. The van der Waals surface area contributed by atoms with Gasteiger partial charge in [0.15, 0.2) is 5.82 Å². The van der Waals surface area contributed by atoms with Crippen LogP contribution >= 0.6 is 0 Å². The molecule has 3 aromatic rings. The Morgan fingerprint density at radius 2 is 1.97 bits per heavy atom. The van der Waals surface area contributed by atoms with Crippen molar-refractivity contribution in [2.24, 2.45) is 0 Å². The number of hydrogen-bond donors (Lipinski definition) is 2. The number of carbonyl (C=O) groups excluding carboxylic acids is 1. The Kier molecular flexibility index (Phi) is 5.81. The smallest absolute Gasteiger partial charge is 0.293 e. The van der Waals surface area contributed by atoms with E-state index >= 15 is 0 Å². The molecule has 1 atom stereocenters. The Balaban J connectivity index is 1.79. The fraction of sp³-hybridized carbons (Fsp3) is 0.286. The van der Waals surface area contributed by atoms with Crippen LogP contribution in [0.15, 0.2) is 53.2 Å². The summed E-state index contributed by atoms with van der Waals surface area (Å²) in [5.41, 5.74) is 0.714. The predicted molar refractivity (Wildman–Crippen MR) is 113 cm³/mol. The summed E-state index contributed by atoms with van der Waals surface area (Å²) in [4.78, 5) is 27.9. The zero-order chi connectivity index (χ0) is 21.9. The fourth-order valence-electron chi connectivity index (χ4n) is 2.76. The second kappa shape index (κ2) is 8.32. The van der Waals surface area contributed by atoms with E-state index in [0.29, 0.717) is 11.4 Å². The molecule has 0 saturated heterocycles. The van der Waals surface area contributed by atoms with Crippen LogP contribution in [-0.4, -0.2) is 21.0 Å². The topological polar surface area (TPSA) is 123 Å². The first-order chi connectivity index (χ1) is 14.1. The normalized spacial score (nSPS) is 12.3. The van der Waals surface area contributed by atoms with Crippen molar-refractivity contribution < 1.29 is 14.2 Å². The molecular weight excluding hydrogens is 386 g/mol. The number of benzene rings is 1. The third-order valence-electron chi connectivity index (χ3n) is 4.45. The van der Waals surface area contributed by atoms with Gasteiger partial charge in [-0.1, -0.05) is 32.0 Å². The first-order valence-electron chi connectivity index (χ1n) is 9.39. The lowest BCUT2D eigenvalue weighted by Gasteiger charge is -2.15. The molecule has 2 N–H and O–H groups in total. The van der Waals surface area contributed by atoms with Crippen LogP contribution in [0.2, 0.25) is 0 Å². The summed E-state index contributed by atoms with van der Waals surface area (Å²) in [5, 5.41) is 21.1. The number of nitrogens with one attached hydrogen (secondary N) is 2. The molecule has 0 aliphatic heterocycles. The summed E-state index contributed by atoms with van der Waals surface area (Å²) in [6.07, 6.45) is 1.66. The molecule has 30 heavy (non-hydrogen) atoms. The molecule has 0 spiro atoms. The predicted octanol–water partition coefficient (Wildman–Crippen LogP) is 4.70. The van der Waals surface area contributed by atoms with Gasteiger partial charge in [-0.3, -0.25) is 19.9 Å². The second-order valence-electron chi connectivity index (χ2n) is 7.89. The molecule has 0 saturated carbocycles. The lowest BCUT2D eigenvalue weighted by molar-refractivity contribution is -0.384. The molecular formula is C21H23N5O4. The van der Waals surface area contributed by atoms with Gasteiger partial charge in [-0.2, -0.15) is 0 Å². The highest BCUT2D eigenvalue weighted by Gasteiger charge is 2.22. The van der Waals surface area contributed by atoms with E-state index in [4.69, 9.17) is 4.52 Å². The van der Waals surface area contributed by atoms with Crippen LogP contribution in [-0.2, 0) is 5.41 Å². The highest BCUT2D eigenvalue weighted by molar-refractivity contribution is 6.04. The lowest BCUT2D eigenvalue weighted by Crippen LogP contribution is -2.14. The summed E-state index contributed by atoms with van der Waals surface area (Å²) in [7, 11) is 0. The van der Waals surface area contributed by atoms with Crippen LogP contribution < -0.4 is 10.6 Å². The van der Waals surface area contributed by atoms with Crippen LogP contribution in [0.5, 0.6) is 0 Å². The number of hydrogen-bond acceptors (Lipinski definition) is 7. The SMILES string of the molecule is CC(Nc1ccc(C(=O)Nc2cc(C(C)(C)C)on2)cc1[N+](=O)[O-])c1ccccn1. The molecule has 2 heterocycles. The number of aromatic nitrogens is 2. The van der Waals surface area contributed by atoms with Gasteiger partial charge in [0, 0.05) is 29.3 Å². The molecule has 156 valence electrons. The molecule has 0 radical (unpaired) electrons. The minimum atomic E-state index is -0.530. The van der Waals surface area contributed by atoms with Crippen molar-refractivity contribution in [1.29, 1.82) is 0 Å². The molecule has 1 amide bonds. The van der Waals surface area contributed by atoms with Crippen molar-refractivity contribution in [2.75, 3.05) is 10.6 Å². The quantitative estimate of drug-likeness (QED) is 0.447. The summed E-state index contributed by atoms with van der Waals surface area (Å²) in [6.45, 7) is 7.73. The van der Waals surface area contributed by atoms with Crippen molar-refractivity contribution in [1.82, 2.24) is 10.1 Å². The molecule has 0 bridgehead atoms. The van der Waals surface area contributed by atoms with Gasteiger partial charge in [0.1, 0.15) is 11.4 Å². The third kappa shape index (κ3) is 4.80. The number of carbonyl (C=O) groups is 1. The summed E-state index contributed by atoms with van der Waals surface area (Å²) in [5.74, 6) is 0.349. The molecule has 1 aromatic carbocycles. The summed E-state index contributed by atoms with van der Waals surface area (Å²) < 4.78 is 5.24. The molecule has 0 fully saturated rings. The van der Waals surface area contributed by atoms with E-state index < -0.39 is 10.8 Å². The zero-order valence-electron chi connectivity index (χ0n) is 17.2. The van der Waals surface area contributed by atoms with Crippen molar-refractivity contribution in [3.05, 3.63) is 75.8 Å². The average molecular weight is 409 g/mol. The number of nitro benzene ring substituents is 1. The maximum atomic E-state index is 12.6. The Labute approximate surface area is 173 Å². The lowest BCUT2D eigenvalue weighted by atomic mass is 9.93. The molecule has 2 aromatic heterocycles. The molecule has 9 heteroatoms. The van der Waals surface area contributed by atoms with Gasteiger partial charge >= 0.3 is 0 Å². The Morgan fingerprint density at radius 3 is 2.57 bits per heavy atom. The first kappa shape index (κ1) is 21.0. The van der Waals surface area contributed by atoms with Gasteiger partial charge in [0.2, 0.25) is 0 Å². The number of pyridine rings is 1. The van der Waals surface area contributed by atoms with Gasteiger partial charge in [-0.25, -0.2) is 0 Å². The zero-order valence-corrected chi connectivity index (χ0v) is 17.2. The van der Waals surface area contributed by atoms with Crippen LogP contribution in [0.4, 0.5) is 17.2 Å². The number of amides is 1. The van der Waals surface area contributed by atoms with Gasteiger partial charge in [0.05, 0.1) is 16.7 Å². The monoisotopic (exact) mass is 409 g/mol. The minimum Gasteiger partial charge on any atom is -0.371 e. The number of nitrogens with zero attached hydrogens (tertiary/aromatic N) is 3. The second-order valence-corrected chi connectivity index (χ2v) is 7.89. The molecule has 9 nitrogen and oxygen atoms in total. The standard InChI is InChI=1S/C21H23N5O4/c1-13(15-7-5-6-10-22-15)23-16-9-8-14(11-17(16)26(28)29)20(27)24-19-12-18(30-25-19)21(2,3)4/h5-13,23H,1-4H3,(H,24,25,27). The van der Waals surface area contributed by atoms with E-state index in [1.54, 1.807) is 18.3 Å². The Morgan fingerprint density at radius 1 is 1.20 bits per heavy atom. The first-order valence-corrected chi connectivity index (χ1v) is 9.39. The van der Waals surface area contributed by atoms with Crippen LogP contribution in [0.3, 0.4) is 0 Å². The average Bonchev–Trinajstić information content (AvgIpc) is 3.17. The largest absolute Gasteiger partial charge is 0.371 e. The van der Waals surface area contributed by atoms with E-state index in [1.165, 1.54) is 18.2 Å². The number of rotatable bonds is 6. The number of nitro groups is 1. The molecule has 3 rings (SSSR count). The van der Waals surface area contributed by atoms with Crippen LogP contribution in [0.25, 0.3) is 0 Å². The maximum Gasteiger partial charge on any atom is 0.293 e. The van der Waals surface area contributed by atoms with E-state index in [0.717, 1.165) is 5.69 Å². The van der Waals surface area contributed by atoms with Gasteiger partial charge < -0.3 is 15.2 Å².